The first-order valence-electron chi connectivity index (χ1n) is 9.67. The van der Waals surface area contributed by atoms with Crippen LogP contribution >= 0.6 is 0 Å². The van der Waals surface area contributed by atoms with Crippen LogP contribution in [0.4, 0.5) is 5.69 Å². The summed E-state index contributed by atoms with van der Waals surface area (Å²) >= 11 is 0. The van der Waals surface area contributed by atoms with E-state index in [9.17, 15) is 9.59 Å². The zero-order valence-corrected chi connectivity index (χ0v) is 17.4. The SMILES string of the molecule is COc1cc(OC)cc(C(=O)Nc2ccc3oc(C(=O)c4ccccc4)c(C)c3c2)c1. The van der Waals surface area contributed by atoms with Gasteiger partial charge in [-0.3, -0.25) is 9.59 Å². The Morgan fingerprint density at radius 3 is 2.16 bits per heavy atom. The molecule has 0 aliphatic carbocycles. The lowest BCUT2D eigenvalue weighted by atomic mass is 10.0. The van der Waals surface area contributed by atoms with Gasteiger partial charge in [-0.1, -0.05) is 30.3 Å². The monoisotopic (exact) mass is 415 g/mol. The van der Waals surface area contributed by atoms with Crippen molar-refractivity contribution in [2.75, 3.05) is 19.5 Å². The molecule has 1 aromatic heterocycles. The van der Waals surface area contributed by atoms with Crippen molar-refractivity contribution in [2.24, 2.45) is 0 Å². The van der Waals surface area contributed by atoms with Crippen molar-refractivity contribution in [3.05, 3.63) is 89.2 Å². The predicted molar refractivity (Wildman–Crippen MR) is 118 cm³/mol. The van der Waals surface area contributed by atoms with Crippen molar-refractivity contribution < 1.29 is 23.5 Å². The Morgan fingerprint density at radius 2 is 1.52 bits per heavy atom. The normalized spacial score (nSPS) is 10.7. The molecule has 4 aromatic rings. The average molecular weight is 415 g/mol. The van der Waals surface area contributed by atoms with Gasteiger partial charge in [-0.2, -0.15) is 0 Å². The summed E-state index contributed by atoms with van der Waals surface area (Å²) in [7, 11) is 3.06. The fraction of sp³-hybridized carbons (Fsp3) is 0.120. The lowest BCUT2D eigenvalue weighted by Crippen LogP contribution is -2.12. The highest BCUT2D eigenvalue weighted by atomic mass is 16.5. The Balaban J connectivity index is 1.63. The molecule has 0 aliphatic heterocycles. The van der Waals surface area contributed by atoms with E-state index in [1.54, 1.807) is 48.5 Å². The smallest absolute Gasteiger partial charge is 0.255 e. The molecule has 1 heterocycles. The number of nitrogens with one attached hydrogen (secondary N) is 1. The van der Waals surface area contributed by atoms with Crippen LogP contribution in [0.5, 0.6) is 11.5 Å². The van der Waals surface area contributed by atoms with Gasteiger partial charge in [0.05, 0.1) is 14.2 Å². The zero-order valence-electron chi connectivity index (χ0n) is 17.4. The van der Waals surface area contributed by atoms with E-state index in [0.717, 1.165) is 10.9 Å². The maximum absolute atomic E-state index is 12.8. The summed E-state index contributed by atoms with van der Waals surface area (Å²) in [5, 5.41) is 3.64. The lowest BCUT2D eigenvalue weighted by molar-refractivity contribution is 0.101. The molecule has 0 spiro atoms. The number of methoxy groups -OCH3 is 2. The van der Waals surface area contributed by atoms with Crippen LogP contribution in [0.3, 0.4) is 0 Å². The number of furan rings is 1. The van der Waals surface area contributed by atoms with Crippen LogP contribution in [-0.2, 0) is 0 Å². The molecule has 4 rings (SSSR count). The van der Waals surface area contributed by atoms with Crippen molar-refractivity contribution in [3.63, 3.8) is 0 Å². The molecule has 0 bridgehead atoms. The van der Waals surface area contributed by atoms with Gasteiger partial charge in [-0.05, 0) is 37.3 Å². The van der Waals surface area contributed by atoms with Gasteiger partial charge in [-0.15, -0.1) is 0 Å². The number of fused-ring (bicyclic) bond motifs is 1. The number of carbonyl (C=O) groups excluding carboxylic acids is 2. The Labute approximate surface area is 179 Å². The van der Waals surface area contributed by atoms with E-state index in [1.165, 1.54) is 14.2 Å². The van der Waals surface area contributed by atoms with E-state index >= 15 is 0 Å². The Kier molecular flexibility index (Phi) is 5.45. The molecule has 1 amide bonds. The second kappa shape index (κ2) is 8.36. The van der Waals surface area contributed by atoms with E-state index in [0.29, 0.717) is 39.7 Å². The fourth-order valence-electron chi connectivity index (χ4n) is 3.38. The van der Waals surface area contributed by atoms with Crippen molar-refractivity contribution in [2.45, 2.75) is 6.92 Å². The number of anilines is 1. The van der Waals surface area contributed by atoms with Crippen LogP contribution in [0, 0.1) is 6.92 Å². The first kappa shape index (κ1) is 20.2. The molecule has 3 aromatic carbocycles. The van der Waals surface area contributed by atoms with Crippen LogP contribution in [0.2, 0.25) is 0 Å². The van der Waals surface area contributed by atoms with E-state index in [2.05, 4.69) is 5.32 Å². The lowest BCUT2D eigenvalue weighted by Gasteiger charge is -2.09. The molecular weight excluding hydrogens is 394 g/mol. The molecular formula is C25H21NO5. The summed E-state index contributed by atoms with van der Waals surface area (Å²) in [5.74, 6) is 0.855. The molecule has 0 atom stereocenters. The summed E-state index contributed by atoms with van der Waals surface area (Å²) in [6, 6.07) is 19.2. The Morgan fingerprint density at radius 1 is 0.839 bits per heavy atom. The van der Waals surface area contributed by atoms with Crippen LogP contribution in [0.15, 0.2) is 71.1 Å². The van der Waals surface area contributed by atoms with E-state index in [1.807, 2.05) is 25.1 Å². The third-order valence-corrected chi connectivity index (χ3v) is 5.05. The van der Waals surface area contributed by atoms with E-state index in [4.69, 9.17) is 13.9 Å². The summed E-state index contributed by atoms with van der Waals surface area (Å²) in [6.07, 6.45) is 0. The topological polar surface area (TPSA) is 77.8 Å². The van der Waals surface area contributed by atoms with E-state index in [-0.39, 0.29) is 11.7 Å². The molecule has 6 heteroatoms. The number of benzene rings is 3. The number of ketones is 1. The van der Waals surface area contributed by atoms with Gasteiger partial charge < -0.3 is 19.2 Å². The molecule has 0 aliphatic rings. The summed E-state index contributed by atoms with van der Waals surface area (Å²) in [4.78, 5) is 25.6. The van der Waals surface area contributed by atoms with Crippen molar-refractivity contribution in [3.8, 4) is 11.5 Å². The van der Waals surface area contributed by atoms with Crippen LogP contribution in [0.25, 0.3) is 11.0 Å². The van der Waals surface area contributed by atoms with Gasteiger partial charge in [0.15, 0.2) is 5.76 Å². The molecule has 156 valence electrons. The molecule has 0 fully saturated rings. The third kappa shape index (κ3) is 4.00. The summed E-state index contributed by atoms with van der Waals surface area (Å²) in [6.45, 7) is 1.83. The average Bonchev–Trinajstić information content (AvgIpc) is 3.14. The van der Waals surface area contributed by atoms with Gasteiger partial charge in [0.1, 0.15) is 17.1 Å². The number of rotatable bonds is 6. The van der Waals surface area contributed by atoms with Crippen molar-refractivity contribution in [1.82, 2.24) is 0 Å². The highest BCUT2D eigenvalue weighted by molar-refractivity contribution is 6.11. The largest absolute Gasteiger partial charge is 0.497 e. The predicted octanol–water partition coefficient (Wildman–Crippen LogP) is 5.24. The number of ether oxygens (including phenoxy) is 2. The number of amides is 1. The van der Waals surface area contributed by atoms with Crippen LogP contribution in [0.1, 0.15) is 32.0 Å². The van der Waals surface area contributed by atoms with Crippen molar-refractivity contribution >= 4 is 28.3 Å². The summed E-state index contributed by atoms with van der Waals surface area (Å²) < 4.78 is 16.3. The number of aryl methyl sites for hydroxylation is 1. The second-order valence-electron chi connectivity index (χ2n) is 7.02. The highest BCUT2D eigenvalue weighted by Crippen LogP contribution is 2.30. The zero-order chi connectivity index (χ0) is 22.0. The van der Waals surface area contributed by atoms with Crippen LogP contribution in [-0.4, -0.2) is 25.9 Å². The summed E-state index contributed by atoms with van der Waals surface area (Å²) in [5.41, 5.74) is 2.85. The Hall–Kier alpha value is -4.06. The minimum absolute atomic E-state index is 0.177. The molecule has 0 saturated carbocycles. The maximum Gasteiger partial charge on any atom is 0.255 e. The third-order valence-electron chi connectivity index (χ3n) is 5.05. The minimum atomic E-state index is -0.307. The molecule has 0 unspecified atom stereocenters. The minimum Gasteiger partial charge on any atom is -0.497 e. The van der Waals surface area contributed by atoms with Gasteiger partial charge in [-0.25, -0.2) is 0 Å². The van der Waals surface area contributed by atoms with E-state index < -0.39 is 0 Å². The van der Waals surface area contributed by atoms with Crippen molar-refractivity contribution in [1.29, 1.82) is 0 Å². The first-order chi connectivity index (χ1) is 15.0. The number of hydrogen-bond donors (Lipinski definition) is 1. The van der Waals surface area contributed by atoms with Crippen LogP contribution < -0.4 is 14.8 Å². The quantitative estimate of drug-likeness (QED) is 0.436. The highest BCUT2D eigenvalue weighted by Gasteiger charge is 2.20. The van der Waals surface area contributed by atoms with Gasteiger partial charge in [0.25, 0.3) is 5.91 Å². The molecule has 1 N–H and O–H groups in total. The van der Waals surface area contributed by atoms with Gasteiger partial charge in [0.2, 0.25) is 5.78 Å². The first-order valence-corrected chi connectivity index (χ1v) is 9.67. The molecule has 0 saturated heterocycles. The molecule has 0 radical (unpaired) electrons. The van der Waals surface area contributed by atoms with Gasteiger partial charge >= 0.3 is 0 Å². The molecule has 6 nitrogen and oxygen atoms in total. The maximum atomic E-state index is 12.8. The molecule has 31 heavy (non-hydrogen) atoms. The second-order valence-corrected chi connectivity index (χ2v) is 7.02. The standard InChI is InChI=1S/C25H21NO5/c1-15-21-13-18(26-25(28)17-11-19(29-2)14-20(12-17)30-3)9-10-22(21)31-24(15)23(27)16-7-5-4-6-8-16/h4-14H,1-3H3,(H,26,28). The fourth-order valence-corrected chi connectivity index (χ4v) is 3.38. The van der Waals surface area contributed by atoms with Gasteiger partial charge in [0, 0.05) is 33.8 Å². The number of carbonyl (C=O) groups is 2. The number of hydrogen-bond acceptors (Lipinski definition) is 5. The Bertz CT molecular complexity index is 1250.